The molecule has 0 aliphatic heterocycles. The van der Waals surface area contributed by atoms with Crippen molar-refractivity contribution in [2.24, 2.45) is 5.73 Å². The first kappa shape index (κ1) is 14.6. The van der Waals surface area contributed by atoms with Gasteiger partial charge in [-0.25, -0.2) is 9.78 Å². The van der Waals surface area contributed by atoms with Crippen LogP contribution in [0.15, 0.2) is 41.0 Å². The van der Waals surface area contributed by atoms with E-state index in [9.17, 15) is 9.59 Å². The first-order valence-corrected chi connectivity index (χ1v) is 6.34. The summed E-state index contributed by atoms with van der Waals surface area (Å²) in [5.41, 5.74) is 6.24. The number of nitrogens with one attached hydrogen (secondary N) is 1. The minimum absolute atomic E-state index is 0.0196. The van der Waals surface area contributed by atoms with Gasteiger partial charge in [0.15, 0.2) is 0 Å². The first-order valence-electron chi connectivity index (χ1n) is 6.34. The van der Waals surface area contributed by atoms with Crippen LogP contribution in [0.5, 0.6) is 0 Å². The number of aromatic nitrogens is 1. The van der Waals surface area contributed by atoms with E-state index in [0.29, 0.717) is 11.6 Å². The first-order chi connectivity index (χ1) is 10.1. The monoisotopic (exact) mass is 289 g/mol. The SMILES string of the molecule is NC(=O)NCCC(=O)OCc1coc(-c2ccccc2)n1. The Bertz CT molecular complexity index is 610. The van der Waals surface area contributed by atoms with Gasteiger partial charge in [-0.2, -0.15) is 0 Å². The molecule has 0 radical (unpaired) electrons. The van der Waals surface area contributed by atoms with E-state index in [1.165, 1.54) is 6.26 Å². The van der Waals surface area contributed by atoms with Gasteiger partial charge in [0.1, 0.15) is 18.6 Å². The van der Waals surface area contributed by atoms with E-state index in [1.54, 1.807) is 0 Å². The highest BCUT2D eigenvalue weighted by atomic mass is 16.5. The van der Waals surface area contributed by atoms with Gasteiger partial charge in [-0.3, -0.25) is 4.79 Å². The molecular formula is C14H15N3O4. The Labute approximate surface area is 121 Å². The molecule has 3 N–H and O–H groups in total. The van der Waals surface area contributed by atoms with Crippen LogP contribution in [0.1, 0.15) is 12.1 Å². The van der Waals surface area contributed by atoms with Gasteiger partial charge in [-0.05, 0) is 12.1 Å². The van der Waals surface area contributed by atoms with Gasteiger partial charge in [0.05, 0.1) is 6.42 Å². The molecule has 0 atom stereocenters. The Morgan fingerprint density at radius 2 is 2.05 bits per heavy atom. The summed E-state index contributed by atoms with van der Waals surface area (Å²) in [7, 11) is 0. The molecule has 1 heterocycles. The average Bonchev–Trinajstić information content (AvgIpc) is 2.94. The lowest BCUT2D eigenvalue weighted by Gasteiger charge is -2.02. The molecule has 0 aliphatic carbocycles. The topological polar surface area (TPSA) is 107 Å². The van der Waals surface area contributed by atoms with Crippen molar-refractivity contribution in [1.82, 2.24) is 10.3 Å². The van der Waals surface area contributed by atoms with E-state index >= 15 is 0 Å². The van der Waals surface area contributed by atoms with E-state index < -0.39 is 12.0 Å². The van der Waals surface area contributed by atoms with Gasteiger partial charge < -0.3 is 20.2 Å². The zero-order chi connectivity index (χ0) is 15.1. The smallest absolute Gasteiger partial charge is 0.312 e. The second-order valence-corrected chi connectivity index (χ2v) is 4.21. The molecule has 2 aromatic rings. The summed E-state index contributed by atoms with van der Waals surface area (Å²) in [6, 6.07) is 8.73. The number of amides is 2. The number of nitrogens with two attached hydrogens (primary N) is 1. The lowest BCUT2D eigenvalue weighted by Crippen LogP contribution is -2.31. The van der Waals surface area contributed by atoms with Crippen LogP contribution in [0.3, 0.4) is 0 Å². The Morgan fingerprint density at radius 3 is 2.76 bits per heavy atom. The maximum atomic E-state index is 11.4. The van der Waals surface area contributed by atoms with Crippen LogP contribution in [0.4, 0.5) is 4.79 Å². The van der Waals surface area contributed by atoms with Crippen LogP contribution >= 0.6 is 0 Å². The normalized spacial score (nSPS) is 10.1. The molecule has 0 saturated carbocycles. The maximum absolute atomic E-state index is 11.4. The number of nitrogens with zero attached hydrogens (tertiary/aromatic N) is 1. The van der Waals surface area contributed by atoms with Crippen molar-refractivity contribution in [2.45, 2.75) is 13.0 Å². The summed E-state index contributed by atoms with van der Waals surface area (Å²) >= 11 is 0. The number of rotatable bonds is 6. The third-order valence-corrected chi connectivity index (χ3v) is 2.58. The fourth-order valence-electron chi connectivity index (χ4n) is 1.60. The van der Waals surface area contributed by atoms with Crippen molar-refractivity contribution in [3.63, 3.8) is 0 Å². The number of primary amides is 1. The fraction of sp³-hybridized carbons (Fsp3) is 0.214. The van der Waals surface area contributed by atoms with Gasteiger partial charge in [0.25, 0.3) is 0 Å². The third kappa shape index (κ3) is 4.64. The largest absolute Gasteiger partial charge is 0.459 e. The minimum Gasteiger partial charge on any atom is -0.459 e. The standard InChI is InChI=1S/C14H15N3O4/c15-14(19)16-7-6-12(18)20-8-11-9-21-13(17-11)10-4-2-1-3-5-10/h1-5,9H,6-8H2,(H3,15,16,19). The summed E-state index contributed by atoms with van der Waals surface area (Å²) in [5, 5.41) is 2.30. The molecule has 0 unspecified atom stereocenters. The highest BCUT2D eigenvalue weighted by molar-refractivity contribution is 5.73. The van der Waals surface area contributed by atoms with Gasteiger partial charge >= 0.3 is 12.0 Å². The van der Waals surface area contributed by atoms with E-state index in [-0.39, 0.29) is 19.6 Å². The molecule has 1 aromatic carbocycles. The Kier molecular flexibility index (Phi) is 4.92. The van der Waals surface area contributed by atoms with Crippen molar-refractivity contribution < 1.29 is 18.7 Å². The van der Waals surface area contributed by atoms with Crippen molar-refractivity contribution in [2.75, 3.05) is 6.54 Å². The predicted octanol–water partition coefficient (Wildman–Crippen LogP) is 1.44. The summed E-state index contributed by atoms with van der Waals surface area (Å²) in [6.45, 7) is 0.161. The maximum Gasteiger partial charge on any atom is 0.312 e. The third-order valence-electron chi connectivity index (χ3n) is 2.58. The lowest BCUT2D eigenvalue weighted by atomic mass is 10.2. The van der Waals surface area contributed by atoms with E-state index in [1.807, 2.05) is 30.3 Å². The molecule has 2 rings (SSSR count). The van der Waals surface area contributed by atoms with E-state index in [4.69, 9.17) is 14.9 Å². The molecule has 0 spiro atoms. The average molecular weight is 289 g/mol. The number of hydrogen-bond donors (Lipinski definition) is 2. The Hall–Kier alpha value is -2.83. The number of benzene rings is 1. The van der Waals surface area contributed by atoms with Gasteiger partial charge in [-0.1, -0.05) is 18.2 Å². The highest BCUT2D eigenvalue weighted by Crippen LogP contribution is 2.18. The number of esters is 1. The quantitative estimate of drug-likeness (QED) is 0.782. The van der Waals surface area contributed by atoms with Gasteiger partial charge in [-0.15, -0.1) is 0 Å². The second kappa shape index (κ2) is 7.09. The van der Waals surface area contributed by atoms with Crippen molar-refractivity contribution in [3.8, 4) is 11.5 Å². The Balaban J connectivity index is 1.80. The second-order valence-electron chi connectivity index (χ2n) is 4.21. The molecular weight excluding hydrogens is 274 g/mol. The Morgan fingerprint density at radius 1 is 1.29 bits per heavy atom. The number of urea groups is 1. The number of ether oxygens (including phenoxy) is 1. The minimum atomic E-state index is -0.674. The molecule has 0 aliphatic rings. The number of oxazole rings is 1. The summed E-state index contributed by atoms with van der Waals surface area (Å²) in [4.78, 5) is 26.1. The zero-order valence-corrected chi connectivity index (χ0v) is 11.2. The molecule has 7 nitrogen and oxygen atoms in total. The van der Waals surface area contributed by atoms with Crippen LogP contribution < -0.4 is 11.1 Å². The van der Waals surface area contributed by atoms with Crippen LogP contribution in [0.2, 0.25) is 0 Å². The van der Waals surface area contributed by atoms with Crippen LogP contribution in [0.25, 0.3) is 11.5 Å². The van der Waals surface area contributed by atoms with Crippen molar-refractivity contribution >= 4 is 12.0 Å². The molecule has 7 heteroatoms. The highest BCUT2D eigenvalue weighted by Gasteiger charge is 2.09. The summed E-state index contributed by atoms with van der Waals surface area (Å²) in [6.07, 6.45) is 1.49. The van der Waals surface area contributed by atoms with Crippen LogP contribution in [0, 0.1) is 0 Å². The van der Waals surface area contributed by atoms with Gasteiger partial charge in [0, 0.05) is 12.1 Å². The molecule has 0 fully saturated rings. The van der Waals surface area contributed by atoms with Gasteiger partial charge in [0.2, 0.25) is 5.89 Å². The molecule has 2 amide bonds. The summed E-state index contributed by atoms with van der Waals surface area (Å²) < 4.78 is 10.3. The molecule has 110 valence electrons. The van der Waals surface area contributed by atoms with E-state index in [0.717, 1.165) is 5.56 Å². The fourth-order valence-corrected chi connectivity index (χ4v) is 1.60. The summed E-state index contributed by atoms with van der Waals surface area (Å²) in [5.74, 6) is 0.0186. The lowest BCUT2D eigenvalue weighted by molar-refractivity contribution is -0.144. The molecule has 21 heavy (non-hydrogen) atoms. The molecule has 0 bridgehead atoms. The van der Waals surface area contributed by atoms with Crippen LogP contribution in [-0.2, 0) is 16.1 Å². The van der Waals surface area contributed by atoms with Crippen LogP contribution in [-0.4, -0.2) is 23.5 Å². The number of carbonyl (C=O) groups is 2. The van der Waals surface area contributed by atoms with Crippen molar-refractivity contribution in [1.29, 1.82) is 0 Å². The predicted molar refractivity (Wildman–Crippen MR) is 73.9 cm³/mol. The number of hydrogen-bond acceptors (Lipinski definition) is 5. The molecule has 0 saturated heterocycles. The van der Waals surface area contributed by atoms with Crippen molar-refractivity contribution in [3.05, 3.63) is 42.3 Å². The van der Waals surface area contributed by atoms with E-state index in [2.05, 4.69) is 10.3 Å². The zero-order valence-electron chi connectivity index (χ0n) is 11.2. The molecule has 1 aromatic heterocycles. The number of carbonyl (C=O) groups excluding carboxylic acids is 2.